The molecule has 1 atom stereocenters. The van der Waals surface area contributed by atoms with Gasteiger partial charge in [0.15, 0.2) is 0 Å². The first-order chi connectivity index (χ1) is 2.91. The summed E-state index contributed by atoms with van der Waals surface area (Å²) in [7, 11) is 0.847. The van der Waals surface area contributed by atoms with Gasteiger partial charge < -0.3 is 4.79 Å². The van der Waals surface area contributed by atoms with Crippen molar-refractivity contribution in [1.82, 2.24) is 0 Å². The molecule has 0 fully saturated rings. The van der Waals surface area contributed by atoms with E-state index in [0.717, 1.165) is 27.2 Å². The molecule has 1 unspecified atom stereocenters. The number of hydrogen-bond acceptors (Lipinski definition) is 1. The molecule has 0 saturated carbocycles. The van der Waals surface area contributed by atoms with E-state index in [1.807, 2.05) is 0 Å². The first-order valence-electron chi connectivity index (χ1n) is 2.06. The third-order valence-corrected chi connectivity index (χ3v) is 1.43. The number of hydrogen-bond donors (Lipinski definition) is 0. The normalized spacial score (nSPS) is 8.71. The fraction of sp³-hybridized carbons (Fsp3) is 0.750. The third-order valence-electron chi connectivity index (χ3n) is 0.478. The molecular formula is C4H9OPY. The summed E-state index contributed by atoms with van der Waals surface area (Å²) in [5.74, 6) is 0. The molecular weight excluding hydrogens is 184 g/mol. The summed E-state index contributed by atoms with van der Waals surface area (Å²) < 4.78 is 0. The van der Waals surface area contributed by atoms with Gasteiger partial charge in [0.2, 0.25) is 0 Å². The first kappa shape index (κ1) is 11.1. The molecule has 0 bridgehead atoms. The molecule has 0 amide bonds. The van der Waals surface area contributed by atoms with Crippen molar-refractivity contribution < 1.29 is 37.5 Å². The zero-order valence-corrected chi connectivity index (χ0v) is 8.32. The zero-order chi connectivity index (χ0) is 4.83. The van der Waals surface area contributed by atoms with Gasteiger partial charge in [-0.15, -0.1) is 8.58 Å². The largest absolute Gasteiger partial charge is 0.303 e. The van der Waals surface area contributed by atoms with E-state index in [9.17, 15) is 4.79 Å². The van der Waals surface area contributed by atoms with Crippen LogP contribution in [-0.4, -0.2) is 18.6 Å². The van der Waals surface area contributed by atoms with Crippen LogP contribution in [-0.2, 0) is 37.5 Å². The molecule has 0 heterocycles. The molecule has 39 valence electrons. The average molecular weight is 193 g/mol. The summed E-state index contributed by atoms with van der Waals surface area (Å²) in [5, 5.41) is 0. The Bertz CT molecular complexity index is 40.7. The Kier molecular flexibility index (Phi) is 16.2. The molecule has 0 aliphatic carbocycles. The van der Waals surface area contributed by atoms with Gasteiger partial charge in [-0.2, -0.15) is 0 Å². The van der Waals surface area contributed by atoms with Crippen LogP contribution in [0.15, 0.2) is 0 Å². The molecule has 0 aromatic carbocycles. The van der Waals surface area contributed by atoms with Gasteiger partial charge >= 0.3 is 0 Å². The van der Waals surface area contributed by atoms with Gasteiger partial charge in [0.05, 0.1) is 0 Å². The molecule has 0 N–H and O–H groups in total. The Labute approximate surface area is 71.3 Å². The summed E-state index contributed by atoms with van der Waals surface area (Å²) in [6.45, 7) is 2.09. The molecule has 0 aromatic heterocycles. The number of aldehydes is 1. The molecule has 0 spiro atoms. The van der Waals surface area contributed by atoms with Crippen LogP contribution in [0.4, 0.5) is 0 Å². The zero-order valence-electron chi connectivity index (χ0n) is 4.48. The van der Waals surface area contributed by atoms with E-state index in [2.05, 4.69) is 6.92 Å². The minimum Gasteiger partial charge on any atom is -0.303 e. The van der Waals surface area contributed by atoms with Gasteiger partial charge in [0.1, 0.15) is 6.29 Å². The molecule has 1 nitrogen and oxygen atoms in total. The monoisotopic (exact) mass is 193 g/mol. The van der Waals surface area contributed by atoms with E-state index in [-0.39, 0.29) is 32.7 Å². The van der Waals surface area contributed by atoms with E-state index in [1.165, 1.54) is 0 Å². The SMILES string of the molecule is CCPCC=O.[Y]. The fourth-order valence-corrected chi connectivity index (χ4v) is 0.610. The molecule has 0 aromatic rings. The molecule has 0 rings (SSSR count). The summed E-state index contributed by atoms with van der Waals surface area (Å²) in [6.07, 6.45) is 2.89. The van der Waals surface area contributed by atoms with Gasteiger partial charge in [0.25, 0.3) is 0 Å². The van der Waals surface area contributed by atoms with E-state index < -0.39 is 0 Å². The van der Waals surface area contributed by atoms with Crippen molar-refractivity contribution in [3.63, 3.8) is 0 Å². The van der Waals surface area contributed by atoms with Gasteiger partial charge in [0, 0.05) is 38.9 Å². The maximum Gasteiger partial charge on any atom is 0.124 e. The Balaban J connectivity index is 0. The van der Waals surface area contributed by atoms with Crippen molar-refractivity contribution in [2.45, 2.75) is 6.92 Å². The number of rotatable bonds is 3. The second-order valence-electron chi connectivity index (χ2n) is 0.974. The van der Waals surface area contributed by atoms with Crippen molar-refractivity contribution in [1.29, 1.82) is 0 Å². The summed E-state index contributed by atoms with van der Waals surface area (Å²) in [4.78, 5) is 9.57. The number of carbonyl (C=O) groups excluding carboxylic acids is 1. The van der Waals surface area contributed by atoms with Crippen molar-refractivity contribution in [2.24, 2.45) is 0 Å². The third kappa shape index (κ3) is 11.0. The van der Waals surface area contributed by atoms with E-state index in [4.69, 9.17) is 0 Å². The summed E-state index contributed by atoms with van der Waals surface area (Å²) in [6, 6.07) is 0. The van der Waals surface area contributed by atoms with E-state index in [0.29, 0.717) is 0 Å². The maximum absolute atomic E-state index is 9.57. The molecule has 1 radical (unpaired) electrons. The standard InChI is InChI=1S/C4H9OP.Y/c1-2-6-4-3-5;/h3,6H,2,4H2,1H3;. The van der Waals surface area contributed by atoms with Crippen LogP contribution in [0.1, 0.15) is 6.92 Å². The van der Waals surface area contributed by atoms with Crippen molar-refractivity contribution in [3.8, 4) is 0 Å². The van der Waals surface area contributed by atoms with Crippen molar-refractivity contribution in [2.75, 3.05) is 12.3 Å². The Morgan fingerprint density at radius 1 is 1.71 bits per heavy atom. The summed E-state index contributed by atoms with van der Waals surface area (Å²) in [5.41, 5.74) is 0. The van der Waals surface area contributed by atoms with E-state index >= 15 is 0 Å². The minimum atomic E-state index is 0. The van der Waals surface area contributed by atoms with Crippen LogP contribution in [0.25, 0.3) is 0 Å². The van der Waals surface area contributed by atoms with Crippen LogP contribution >= 0.6 is 8.58 Å². The minimum absolute atomic E-state index is 0. The second kappa shape index (κ2) is 10.2. The quantitative estimate of drug-likeness (QED) is 0.369. The molecule has 0 aliphatic rings. The van der Waals surface area contributed by atoms with Gasteiger partial charge in [-0.05, 0) is 6.16 Å². The van der Waals surface area contributed by atoms with Crippen LogP contribution < -0.4 is 0 Å². The van der Waals surface area contributed by atoms with Crippen LogP contribution in [0, 0.1) is 0 Å². The molecule has 0 aliphatic heterocycles. The van der Waals surface area contributed by atoms with Crippen LogP contribution in [0.5, 0.6) is 0 Å². The number of carbonyl (C=O) groups is 1. The topological polar surface area (TPSA) is 17.1 Å². The summed E-state index contributed by atoms with van der Waals surface area (Å²) >= 11 is 0. The van der Waals surface area contributed by atoms with Gasteiger partial charge in [-0.25, -0.2) is 0 Å². The molecule has 7 heavy (non-hydrogen) atoms. The first-order valence-corrected chi connectivity index (χ1v) is 3.47. The smallest absolute Gasteiger partial charge is 0.124 e. The Morgan fingerprint density at radius 3 is 2.43 bits per heavy atom. The Morgan fingerprint density at radius 2 is 2.29 bits per heavy atom. The predicted octanol–water partition coefficient (Wildman–Crippen LogP) is 0.881. The van der Waals surface area contributed by atoms with Crippen LogP contribution in [0.2, 0.25) is 0 Å². The van der Waals surface area contributed by atoms with E-state index in [1.54, 1.807) is 0 Å². The molecule has 3 heteroatoms. The molecule has 0 saturated heterocycles. The van der Waals surface area contributed by atoms with Gasteiger partial charge in [-0.1, -0.05) is 6.92 Å². The van der Waals surface area contributed by atoms with Crippen molar-refractivity contribution in [3.05, 3.63) is 0 Å². The van der Waals surface area contributed by atoms with Crippen molar-refractivity contribution >= 4 is 14.9 Å². The second-order valence-corrected chi connectivity index (χ2v) is 2.59. The Hall–Kier alpha value is 1.20. The maximum atomic E-state index is 9.57. The van der Waals surface area contributed by atoms with Crippen LogP contribution in [0.3, 0.4) is 0 Å². The predicted molar refractivity (Wildman–Crippen MR) is 29.8 cm³/mol. The average Bonchev–Trinajstić information content (AvgIpc) is 1.61. The fourth-order valence-electron chi connectivity index (χ4n) is 0.203. The van der Waals surface area contributed by atoms with Gasteiger partial charge in [-0.3, -0.25) is 0 Å².